The van der Waals surface area contributed by atoms with Crippen molar-refractivity contribution in [3.05, 3.63) is 46.6 Å². The molecule has 0 aliphatic heterocycles. The minimum atomic E-state index is -1.83. The number of fused-ring (bicyclic) bond motifs is 2. The maximum atomic E-state index is 14.0. The quantitative estimate of drug-likeness (QED) is 0.156. The molecule has 1 heterocycles. The lowest BCUT2D eigenvalue weighted by Crippen LogP contribution is -2.42. The Balaban J connectivity index is 1.11. The van der Waals surface area contributed by atoms with Gasteiger partial charge in [-0.25, -0.2) is 4.39 Å². The topological polar surface area (TPSA) is 137 Å². The normalized spacial score (nSPS) is 26.5. The molecule has 3 aliphatic carbocycles. The molecule has 5 rings (SSSR count). The predicted octanol–water partition coefficient (Wildman–Crippen LogP) is 4.82. The molecule has 0 radical (unpaired) electrons. The summed E-state index contributed by atoms with van der Waals surface area (Å²) in [5, 5.41) is 39.5. The van der Waals surface area contributed by atoms with Gasteiger partial charge >= 0.3 is 0 Å². The largest absolute Gasteiger partial charge is 0.444 e. The Morgan fingerprint density at radius 2 is 1.67 bits per heavy atom. The third-order valence-electron chi connectivity index (χ3n) is 10.5. The monoisotopic (exact) mass is 643 g/mol. The molecule has 1 aromatic carbocycles. The van der Waals surface area contributed by atoms with E-state index in [4.69, 9.17) is 14.6 Å². The zero-order chi connectivity index (χ0) is 32.8. The highest BCUT2D eigenvalue weighted by atomic mass is 19.1. The molecular weight excluding hydrogens is 589 g/mol. The number of hydrogen-bond acceptors (Lipinski definition) is 7. The SMILES string of the molecule is CC(C)c1[nH]nc(OC(OC(CO)C(F)CO)C(C)O)c1Cc1ccc(CCCC(=O)NCC2CC3CC4CC(C2)C(C3)C4)cc1. The lowest BCUT2D eigenvalue weighted by atomic mass is 9.78. The number of benzene rings is 1. The Labute approximate surface area is 272 Å². The molecule has 10 heteroatoms. The molecule has 5 N–H and O–H groups in total. The fourth-order valence-corrected chi connectivity index (χ4v) is 8.27. The molecule has 3 aliphatic rings. The van der Waals surface area contributed by atoms with Gasteiger partial charge in [0, 0.05) is 30.6 Å². The van der Waals surface area contributed by atoms with Gasteiger partial charge in [0.05, 0.1) is 13.2 Å². The van der Waals surface area contributed by atoms with Crippen LogP contribution in [0.1, 0.15) is 100 Å². The van der Waals surface area contributed by atoms with Crippen molar-refractivity contribution < 1.29 is 34.0 Å². The lowest BCUT2D eigenvalue weighted by molar-refractivity contribution is -0.194. The molecular formula is C36H54FN3O6. The molecule has 3 bridgehead atoms. The standard InChI is InChI=1S/C36H54FN3O6/c1-21(2)34-30(35(40-39-34)46-36(22(3)43)45-32(20-42)31(37)19-41)17-24-9-7-23(8-10-24)5-4-6-33(44)38-18-27-12-25-11-26-14-28(13-25)29(15-26)16-27/h7-10,21-22,25-29,31-32,36,41-43H,4-6,11-20H2,1-3H3,(H,38,44)(H,39,40). The summed E-state index contributed by atoms with van der Waals surface area (Å²) in [6, 6.07) is 8.29. The number of alkyl halides is 1. The van der Waals surface area contributed by atoms with E-state index in [-0.39, 0.29) is 17.7 Å². The molecule has 3 fully saturated rings. The molecule has 2 aromatic rings. The van der Waals surface area contributed by atoms with Gasteiger partial charge in [-0.15, -0.1) is 5.10 Å². The van der Waals surface area contributed by atoms with Crippen LogP contribution in [0.3, 0.4) is 0 Å². The van der Waals surface area contributed by atoms with Gasteiger partial charge in [0.2, 0.25) is 18.1 Å². The maximum Gasteiger partial charge on any atom is 0.238 e. The number of aromatic nitrogens is 2. The molecule has 46 heavy (non-hydrogen) atoms. The summed E-state index contributed by atoms with van der Waals surface area (Å²) >= 11 is 0. The van der Waals surface area contributed by atoms with Crippen LogP contribution in [0.15, 0.2) is 24.3 Å². The minimum absolute atomic E-state index is 0.110. The van der Waals surface area contributed by atoms with Crippen molar-refractivity contribution in [2.24, 2.45) is 29.6 Å². The Morgan fingerprint density at radius 1 is 1.00 bits per heavy atom. The van der Waals surface area contributed by atoms with E-state index in [1.807, 2.05) is 13.8 Å². The Bertz CT molecular complexity index is 1250. The number of halogens is 1. The zero-order valence-corrected chi connectivity index (χ0v) is 27.7. The van der Waals surface area contributed by atoms with Gasteiger partial charge in [0.25, 0.3) is 0 Å². The van der Waals surface area contributed by atoms with Crippen LogP contribution in [0, 0.1) is 29.6 Å². The summed E-state index contributed by atoms with van der Waals surface area (Å²) in [4.78, 5) is 12.7. The van der Waals surface area contributed by atoms with E-state index in [0.717, 1.165) is 59.9 Å². The number of rotatable bonds is 17. The van der Waals surface area contributed by atoms with E-state index in [0.29, 0.717) is 18.8 Å². The van der Waals surface area contributed by atoms with Crippen LogP contribution in [0.25, 0.3) is 0 Å². The van der Waals surface area contributed by atoms with E-state index in [1.54, 1.807) is 0 Å². The van der Waals surface area contributed by atoms with Gasteiger partial charge in [0.1, 0.15) is 12.2 Å². The number of carbonyl (C=O) groups is 1. The highest BCUT2D eigenvalue weighted by Gasteiger charge is 2.44. The number of amides is 1. The fraction of sp³-hybridized carbons (Fsp3) is 0.722. The van der Waals surface area contributed by atoms with Crippen molar-refractivity contribution in [1.82, 2.24) is 15.5 Å². The van der Waals surface area contributed by atoms with Crippen molar-refractivity contribution in [3.63, 3.8) is 0 Å². The van der Waals surface area contributed by atoms with Crippen LogP contribution < -0.4 is 10.1 Å². The first-order valence-electron chi connectivity index (χ1n) is 17.4. The van der Waals surface area contributed by atoms with Crippen LogP contribution in [-0.2, 0) is 22.4 Å². The number of hydrogen-bond donors (Lipinski definition) is 5. The van der Waals surface area contributed by atoms with Crippen LogP contribution in [0.2, 0.25) is 0 Å². The van der Waals surface area contributed by atoms with Crippen molar-refractivity contribution in [1.29, 1.82) is 0 Å². The summed E-state index contributed by atoms with van der Waals surface area (Å²) in [6.45, 7) is 4.83. The molecule has 9 unspecified atom stereocenters. The Hall–Kier alpha value is -2.53. The highest BCUT2D eigenvalue weighted by Crippen LogP contribution is 2.54. The van der Waals surface area contributed by atoms with Crippen LogP contribution in [0.5, 0.6) is 5.88 Å². The first-order valence-corrected chi connectivity index (χ1v) is 17.4. The molecule has 0 saturated heterocycles. The lowest BCUT2D eigenvalue weighted by Gasteiger charge is -2.28. The Kier molecular flexibility index (Phi) is 12.1. The van der Waals surface area contributed by atoms with E-state index in [2.05, 4.69) is 39.8 Å². The summed E-state index contributed by atoms with van der Waals surface area (Å²) < 4.78 is 25.4. The molecule has 256 valence electrons. The predicted molar refractivity (Wildman–Crippen MR) is 173 cm³/mol. The summed E-state index contributed by atoms with van der Waals surface area (Å²) in [5.74, 6) is 4.86. The molecule has 0 spiro atoms. The zero-order valence-electron chi connectivity index (χ0n) is 27.7. The van der Waals surface area contributed by atoms with Gasteiger partial charge in [-0.3, -0.25) is 9.89 Å². The third kappa shape index (κ3) is 8.88. The number of aryl methyl sites for hydroxylation is 1. The summed E-state index contributed by atoms with van der Waals surface area (Å²) in [5.41, 5.74) is 3.87. The maximum absolute atomic E-state index is 14.0. The molecule has 9 atom stereocenters. The first kappa shape index (κ1) is 34.8. The summed E-state index contributed by atoms with van der Waals surface area (Å²) in [6.07, 6.45) is 5.35. The van der Waals surface area contributed by atoms with E-state index >= 15 is 0 Å². The number of aliphatic hydroxyl groups excluding tert-OH is 3. The minimum Gasteiger partial charge on any atom is -0.444 e. The van der Waals surface area contributed by atoms with E-state index in [9.17, 15) is 19.4 Å². The second-order valence-corrected chi connectivity index (χ2v) is 14.5. The van der Waals surface area contributed by atoms with Gasteiger partial charge in [-0.1, -0.05) is 38.1 Å². The average Bonchev–Trinajstić information content (AvgIpc) is 3.52. The highest BCUT2D eigenvalue weighted by molar-refractivity contribution is 5.75. The van der Waals surface area contributed by atoms with Gasteiger partial charge < -0.3 is 30.1 Å². The smallest absolute Gasteiger partial charge is 0.238 e. The van der Waals surface area contributed by atoms with Crippen molar-refractivity contribution in [3.8, 4) is 5.88 Å². The van der Waals surface area contributed by atoms with Gasteiger partial charge in [-0.2, -0.15) is 0 Å². The number of nitrogens with one attached hydrogen (secondary N) is 2. The van der Waals surface area contributed by atoms with Crippen LogP contribution >= 0.6 is 0 Å². The fourth-order valence-electron chi connectivity index (χ4n) is 8.27. The van der Waals surface area contributed by atoms with Crippen molar-refractivity contribution in [2.45, 2.75) is 116 Å². The third-order valence-corrected chi connectivity index (χ3v) is 10.5. The summed E-state index contributed by atoms with van der Waals surface area (Å²) in [7, 11) is 0. The first-order chi connectivity index (χ1) is 22.1. The molecule has 9 nitrogen and oxygen atoms in total. The van der Waals surface area contributed by atoms with E-state index < -0.39 is 37.9 Å². The second kappa shape index (κ2) is 16.0. The van der Waals surface area contributed by atoms with E-state index in [1.165, 1.54) is 51.0 Å². The van der Waals surface area contributed by atoms with Crippen LogP contribution in [0.4, 0.5) is 4.39 Å². The van der Waals surface area contributed by atoms with Crippen LogP contribution in [-0.4, -0.2) is 75.9 Å². The number of aliphatic hydroxyl groups is 3. The van der Waals surface area contributed by atoms with Gasteiger partial charge in [0.15, 0.2) is 6.17 Å². The molecule has 1 aromatic heterocycles. The molecule has 3 saturated carbocycles. The number of carbonyl (C=O) groups excluding carboxylic acids is 1. The van der Waals surface area contributed by atoms with Crippen molar-refractivity contribution >= 4 is 5.91 Å². The number of aromatic amines is 1. The van der Waals surface area contributed by atoms with Crippen molar-refractivity contribution in [2.75, 3.05) is 19.8 Å². The van der Waals surface area contributed by atoms with Gasteiger partial charge in [-0.05, 0) is 105 Å². The molecule has 1 amide bonds. The Morgan fingerprint density at radius 3 is 2.33 bits per heavy atom. The average molecular weight is 644 g/mol. The second-order valence-electron chi connectivity index (χ2n) is 14.5. The number of H-pyrrole nitrogens is 1. The number of ether oxygens (including phenoxy) is 2. The number of nitrogens with zero attached hydrogens (tertiary/aromatic N) is 1.